The van der Waals surface area contributed by atoms with Gasteiger partial charge in [0.25, 0.3) is 0 Å². The van der Waals surface area contributed by atoms with Crippen LogP contribution in [-0.4, -0.2) is 34.7 Å². The van der Waals surface area contributed by atoms with Crippen molar-refractivity contribution in [1.29, 1.82) is 0 Å². The zero-order valence-electron chi connectivity index (χ0n) is 17.0. The molecule has 2 heterocycles. The van der Waals surface area contributed by atoms with Crippen molar-refractivity contribution in [2.75, 3.05) is 19.9 Å². The first kappa shape index (κ1) is 20.1. The fourth-order valence-corrected chi connectivity index (χ4v) is 3.25. The van der Waals surface area contributed by atoms with Crippen molar-refractivity contribution in [2.45, 2.75) is 0 Å². The van der Waals surface area contributed by atoms with E-state index in [1.165, 1.54) is 18.2 Å². The number of anilines is 1. The Kier molecular flexibility index (Phi) is 5.36. The fraction of sp³-hybridized carbons (Fsp3) is 0.0870. The number of amides is 1. The third-order valence-corrected chi connectivity index (χ3v) is 4.82. The van der Waals surface area contributed by atoms with Gasteiger partial charge >= 0.3 is 0 Å². The minimum Gasteiger partial charge on any atom is -0.497 e. The van der Waals surface area contributed by atoms with Gasteiger partial charge in [-0.25, -0.2) is 13.9 Å². The van der Waals surface area contributed by atoms with Gasteiger partial charge in [-0.1, -0.05) is 12.1 Å². The maximum absolute atomic E-state index is 13.4. The highest BCUT2D eigenvalue weighted by atomic mass is 19.1. The molecule has 7 nitrogen and oxygen atoms in total. The molecule has 0 aliphatic carbocycles. The quantitative estimate of drug-likeness (QED) is 0.486. The van der Waals surface area contributed by atoms with Crippen LogP contribution in [0.5, 0.6) is 5.75 Å². The molecule has 0 radical (unpaired) electrons. The number of carbonyl (C=O) groups excluding carboxylic acids is 1. The van der Waals surface area contributed by atoms with Crippen LogP contribution in [0.4, 0.5) is 10.2 Å². The van der Waals surface area contributed by atoms with Crippen molar-refractivity contribution in [3.05, 3.63) is 83.8 Å². The Morgan fingerprint density at radius 3 is 2.45 bits per heavy atom. The van der Waals surface area contributed by atoms with E-state index in [1.54, 1.807) is 42.9 Å². The second kappa shape index (κ2) is 8.27. The maximum atomic E-state index is 13.4. The van der Waals surface area contributed by atoms with Crippen LogP contribution in [0.1, 0.15) is 11.3 Å². The molecule has 8 heteroatoms. The summed E-state index contributed by atoms with van der Waals surface area (Å²) in [6.07, 6.45) is 1.48. The van der Waals surface area contributed by atoms with E-state index in [4.69, 9.17) is 15.6 Å². The lowest BCUT2D eigenvalue weighted by Crippen LogP contribution is -2.15. The van der Waals surface area contributed by atoms with Gasteiger partial charge < -0.3 is 15.8 Å². The molecule has 31 heavy (non-hydrogen) atoms. The van der Waals surface area contributed by atoms with Gasteiger partial charge in [0, 0.05) is 24.3 Å². The van der Waals surface area contributed by atoms with Crippen LogP contribution in [0.15, 0.2) is 66.7 Å². The fourth-order valence-electron chi connectivity index (χ4n) is 3.25. The number of nitrogens with two attached hydrogens (primary N) is 1. The van der Waals surface area contributed by atoms with Crippen molar-refractivity contribution < 1.29 is 13.9 Å². The highest BCUT2D eigenvalue weighted by Crippen LogP contribution is 2.29. The molecule has 0 saturated heterocycles. The van der Waals surface area contributed by atoms with Crippen LogP contribution in [-0.2, 0) is 4.79 Å². The van der Waals surface area contributed by atoms with E-state index in [2.05, 4.69) is 10.3 Å². The second-order valence-corrected chi connectivity index (χ2v) is 6.74. The van der Waals surface area contributed by atoms with Gasteiger partial charge in [0.2, 0.25) is 5.91 Å². The number of methoxy groups -OCH3 is 1. The maximum Gasteiger partial charge on any atom is 0.244 e. The number of ether oxygens (including phenoxy) is 1. The smallest absolute Gasteiger partial charge is 0.244 e. The summed E-state index contributed by atoms with van der Waals surface area (Å²) < 4.78 is 20.2. The lowest BCUT2D eigenvalue weighted by molar-refractivity contribution is -0.116. The van der Waals surface area contributed by atoms with Crippen molar-refractivity contribution in [3.8, 4) is 17.0 Å². The van der Waals surface area contributed by atoms with Crippen LogP contribution < -0.4 is 15.8 Å². The molecule has 2 aromatic carbocycles. The molecule has 3 N–H and O–H groups in total. The number of hydrogen-bond acceptors (Lipinski definition) is 5. The lowest BCUT2D eigenvalue weighted by Gasteiger charge is -2.10. The number of nitrogen functional groups attached to an aromatic ring is 1. The molecule has 2 aromatic heterocycles. The summed E-state index contributed by atoms with van der Waals surface area (Å²) in [6, 6.07) is 16.8. The third kappa shape index (κ3) is 3.95. The molecule has 0 spiro atoms. The van der Waals surface area contributed by atoms with Gasteiger partial charge in [0.05, 0.1) is 12.8 Å². The molecule has 0 aliphatic heterocycles. The Labute approximate surface area is 178 Å². The topological polar surface area (TPSA) is 94.5 Å². The van der Waals surface area contributed by atoms with Crippen molar-refractivity contribution >= 4 is 22.9 Å². The average molecular weight is 417 g/mol. The average Bonchev–Trinajstić information content (AvgIpc) is 3.13. The number of imidazole rings is 1. The van der Waals surface area contributed by atoms with Gasteiger partial charge in [-0.3, -0.25) is 4.79 Å². The summed E-state index contributed by atoms with van der Waals surface area (Å²) in [5.74, 6) is 0.363. The number of likely N-dealkylation sites (N-methyl/N-ethyl adjacent to an activating group) is 1. The number of carbonyl (C=O) groups is 1. The number of benzene rings is 2. The zero-order valence-corrected chi connectivity index (χ0v) is 17.0. The van der Waals surface area contributed by atoms with E-state index in [0.717, 1.165) is 5.56 Å². The summed E-state index contributed by atoms with van der Waals surface area (Å²) in [5.41, 5.74) is 9.84. The predicted molar refractivity (Wildman–Crippen MR) is 117 cm³/mol. The SMILES string of the molecule is CNC(=O)/C=C(/c1ccc(OC)cc1)c1ccc2nc(N)c(-c3ccc(F)cc3)n2n1. The number of aromatic nitrogens is 3. The summed E-state index contributed by atoms with van der Waals surface area (Å²) in [5, 5.41) is 7.30. The Morgan fingerprint density at radius 1 is 1.10 bits per heavy atom. The van der Waals surface area contributed by atoms with Gasteiger partial charge in [-0.15, -0.1) is 0 Å². The van der Waals surface area contributed by atoms with Crippen LogP contribution in [0.2, 0.25) is 0 Å². The minimum absolute atomic E-state index is 0.267. The number of nitrogens with one attached hydrogen (secondary N) is 1. The molecule has 1 amide bonds. The van der Waals surface area contributed by atoms with Gasteiger partial charge in [-0.2, -0.15) is 5.10 Å². The van der Waals surface area contributed by atoms with E-state index in [1.807, 2.05) is 24.3 Å². The van der Waals surface area contributed by atoms with E-state index < -0.39 is 0 Å². The van der Waals surface area contributed by atoms with Gasteiger partial charge in [-0.05, 0) is 54.1 Å². The highest BCUT2D eigenvalue weighted by molar-refractivity contribution is 5.98. The molecule has 4 aromatic rings. The van der Waals surface area contributed by atoms with E-state index in [0.29, 0.717) is 33.9 Å². The van der Waals surface area contributed by atoms with Gasteiger partial charge in [0.1, 0.15) is 17.3 Å². The van der Waals surface area contributed by atoms with Crippen LogP contribution in [0.3, 0.4) is 0 Å². The second-order valence-electron chi connectivity index (χ2n) is 6.74. The van der Waals surface area contributed by atoms with Crippen LogP contribution in [0, 0.1) is 5.82 Å². The molecule has 0 saturated carbocycles. The Morgan fingerprint density at radius 2 is 1.81 bits per heavy atom. The van der Waals surface area contributed by atoms with E-state index in [9.17, 15) is 9.18 Å². The van der Waals surface area contributed by atoms with Gasteiger partial charge in [0.15, 0.2) is 11.5 Å². The van der Waals surface area contributed by atoms with Crippen LogP contribution in [0.25, 0.3) is 22.5 Å². The molecule has 0 unspecified atom stereocenters. The largest absolute Gasteiger partial charge is 0.497 e. The van der Waals surface area contributed by atoms with E-state index >= 15 is 0 Å². The summed E-state index contributed by atoms with van der Waals surface area (Å²) in [6.45, 7) is 0. The van der Waals surface area contributed by atoms with Crippen molar-refractivity contribution in [3.63, 3.8) is 0 Å². The standard InChI is InChI=1S/C23H20FN5O2/c1-26-21(30)13-18(14-5-9-17(31-2)10-6-14)19-11-12-20-27-23(25)22(29(20)28-19)15-3-7-16(24)8-4-15/h3-13H,25H2,1-2H3,(H,26,30)/b18-13-. The molecule has 0 bridgehead atoms. The zero-order chi connectivity index (χ0) is 22.0. The molecular formula is C23H20FN5O2. The number of nitrogens with zero attached hydrogens (tertiary/aromatic N) is 3. The number of hydrogen-bond donors (Lipinski definition) is 2. The first-order valence-electron chi connectivity index (χ1n) is 9.49. The monoisotopic (exact) mass is 417 g/mol. The summed E-state index contributed by atoms with van der Waals surface area (Å²) >= 11 is 0. The molecule has 156 valence electrons. The third-order valence-electron chi connectivity index (χ3n) is 4.82. The number of fused-ring (bicyclic) bond motifs is 1. The summed E-state index contributed by atoms with van der Waals surface area (Å²) in [7, 11) is 3.15. The molecular weight excluding hydrogens is 397 g/mol. The van der Waals surface area contributed by atoms with Crippen LogP contribution >= 0.6 is 0 Å². The van der Waals surface area contributed by atoms with E-state index in [-0.39, 0.29) is 17.5 Å². The summed E-state index contributed by atoms with van der Waals surface area (Å²) in [4.78, 5) is 16.5. The Hall–Kier alpha value is -4.20. The molecule has 0 aliphatic rings. The first-order valence-corrected chi connectivity index (χ1v) is 9.49. The Balaban J connectivity index is 1.89. The predicted octanol–water partition coefficient (Wildman–Crippen LogP) is 3.30. The minimum atomic E-state index is -0.347. The number of rotatable bonds is 5. The molecule has 4 rings (SSSR count). The molecule has 0 fully saturated rings. The Bertz CT molecular complexity index is 1280. The van der Waals surface area contributed by atoms with Crippen molar-refractivity contribution in [1.82, 2.24) is 19.9 Å². The van der Waals surface area contributed by atoms with Crippen molar-refractivity contribution in [2.24, 2.45) is 0 Å². The highest BCUT2D eigenvalue weighted by Gasteiger charge is 2.16. The molecule has 0 atom stereocenters. The lowest BCUT2D eigenvalue weighted by atomic mass is 10.0. The number of halogens is 1. The normalized spacial score (nSPS) is 11.5. The first-order chi connectivity index (χ1) is 15.0.